The van der Waals surface area contributed by atoms with Gasteiger partial charge in [-0.2, -0.15) is 0 Å². The average Bonchev–Trinajstić information content (AvgIpc) is 3.29. The average molecular weight is 413 g/mol. The molecule has 3 N–H and O–H groups in total. The summed E-state index contributed by atoms with van der Waals surface area (Å²) in [6.45, 7) is 0.260. The zero-order valence-corrected chi connectivity index (χ0v) is 15.5. The highest BCUT2D eigenvalue weighted by atomic mass is 79.9. The van der Waals surface area contributed by atoms with E-state index in [1.54, 1.807) is 6.07 Å². The molecule has 26 heavy (non-hydrogen) atoms. The fourth-order valence-electron chi connectivity index (χ4n) is 4.23. The number of halogens is 1. The lowest BCUT2D eigenvalue weighted by molar-refractivity contribution is 0.1000. The summed E-state index contributed by atoms with van der Waals surface area (Å²) in [5, 5.41) is 3.66. The minimum atomic E-state index is -0.396. The van der Waals surface area contributed by atoms with Crippen LogP contribution in [0, 0.1) is 5.92 Å². The molecule has 0 saturated carbocycles. The number of hydrogen-bond acceptors (Lipinski definition) is 4. The molecule has 2 heterocycles. The molecule has 6 heteroatoms. The Morgan fingerprint density at radius 1 is 1.15 bits per heavy atom. The number of nitrogens with one attached hydrogen (secondary N) is 1. The predicted molar refractivity (Wildman–Crippen MR) is 102 cm³/mol. The summed E-state index contributed by atoms with van der Waals surface area (Å²) < 4.78 is 12.0. The molecule has 0 bridgehead atoms. The van der Waals surface area contributed by atoms with E-state index < -0.39 is 5.91 Å². The van der Waals surface area contributed by atoms with E-state index in [1.807, 2.05) is 18.2 Å². The zero-order valence-electron chi connectivity index (χ0n) is 13.9. The first-order valence-corrected chi connectivity index (χ1v) is 9.37. The number of nitrogens with two attached hydrogens (primary N) is 1. The Morgan fingerprint density at radius 3 is 2.77 bits per heavy atom. The Balaban J connectivity index is 1.59. The summed E-state index contributed by atoms with van der Waals surface area (Å²) in [6.07, 6.45) is 5.43. The molecule has 0 spiro atoms. The second-order valence-corrected chi connectivity index (χ2v) is 7.72. The van der Waals surface area contributed by atoms with Crippen molar-refractivity contribution >= 4 is 27.5 Å². The van der Waals surface area contributed by atoms with Crippen molar-refractivity contribution in [1.82, 2.24) is 0 Å². The van der Waals surface area contributed by atoms with E-state index in [0.29, 0.717) is 11.5 Å². The Morgan fingerprint density at radius 2 is 1.96 bits per heavy atom. The molecule has 0 fully saturated rings. The van der Waals surface area contributed by atoms with Crippen LogP contribution < -0.4 is 20.5 Å². The van der Waals surface area contributed by atoms with Gasteiger partial charge in [0.1, 0.15) is 0 Å². The van der Waals surface area contributed by atoms with Gasteiger partial charge in [0.2, 0.25) is 12.7 Å². The minimum absolute atomic E-state index is 0.130. The van der Waals surface area contributed by atoms with Gasteiger partial charge < -0.3 is 20.5 Å². The number of rotatable bonds is 2. The van der Waals surface area contributed by atoms with Crippen LogP contribution in [-0.2, 0) is 0 Å². The lowest BCUT2D eigenvalue weighted by Gasteiger charge is -2.38. The van der Waals surface area contributed by atoms with Gasteiger partial charge in [0.25, 0.3) is 0 Å². The molecule has 2 aromatic carbocycles. The number of amides is 1. The Labute approximate surface area is 159 Å². The van der Waals surface area contributed by atoms with Crippen LogP contribution in [-0.4, -0.2) is 12.7 Å². The molecule has 2 aromatic rings. The SMILES string of the molecule is NC(=O)c1ccc2c(c1)C1C=CCC1C(c1cc3c(cc1Br)OCO3)N2. The molecule has 5 nitrogen and oxygen atoms in total. The lowest BCUT2D eigenvalue weighted by Crippen LogP contribution is -2.29. The number of benzene rings is 2. The van der Waals surface area contributed by atoms with Crippen molar-refractivity contribution in [3.8, 4) is 11.5 Å². The number of fused-ring (bicyclic) bond motifs is 4. The van der Waals surface area contributed by atoms with Crippen molar-refractivity contribution in [2.75, 3.05) is 12.1 Å². The molecule has 2 aliphatic heterocycles. The van der Waals surface area contributed by atoms with Crippen LogP contribution in [0.5, 0.6) is 11.5 Å². The molecule has 5 rings (SSSR count). The summed E-state index contributed by atoms with van der Waals surface area (Å²) in [6, 6.07) is 9.81. The van der Waals surface area contributed by atoms with Gasteiger partial charge in [0.15, 0.2) is 11.5 Å². The van der Waals surface area contributed by atoms with Gasteiger partial charge in [0.05, 0.1) is 6.04 Å². The van der Waals surface area contributed by atoms with E-state index in [2.05, 4.69) is 39.5 Å². The lowest BCUT2D eigenvalue weighted by atomic mass is 9.76. The topological polar surface area (TPSA) is 73.6 Å². The predicted octanol–water partition coefficient (Wildman–Crippen LogP) is 4.10. The van der Waals surface area contributed by atoms with Crippen LogP contribution in [0.1, 0.15) is 39.9 Å². The van der Waals surface area contributed by atoms with Crippen molar-refractivity contribution in [2.24, 2.45) is 11.7 Å². The Hall–Kier alpha value is -2.47. The fraction of sp³-hybridized carbons (Fsp3) is 0.250. The highest BCUT2D eigenvalue weighted by Gasteiger charge is 2.39. The molecule has 3 unspecified atom stereocenters. The summed E-state index contributed by atoms with van der Waals surface area (Å²) in [7, 11) is 0. The van der Waals surface area contributed by atoms with Crippen LogP contribution in [0.15, 0.2) is 47.0 Å². The van der Waals surface area contributed by atoms with Gasteiger partial charge in [0, 0.05) is 21.6 Å². The first kappa shape index (κ1) is 15.8. The second-order valence-electron chi connectivity index (χ2n) is 6.87. The van der Waals surface area contributed by atoms with E-state index in [9.17, 15) is 4.79 Å². The fourth-order valence-corrected chi connectivity index (χ4v) is 4.80. The van der Waals surface area contributed by atoms with Gasteiger partial charge in [-0.1, -0.05) is 28.1 Å². The van der Waals surface area contributed by atoms with E-state index in [1.165, 1.54) is 0 Å². The molecule has 132 valence electrons. The molecule has 0 radical (unpaired) electrons. The monoisotopic (exact) mass is 412 g/mol. The van der Waals surface area contributed by atoms with Crippen molar-refractivity contribution in [2.45, 2.75) is 18.4 Å². The van der Waals surface area contributed by atoms with Crippen molar-refractivity contribution in [3.05, 3.63) is 63.6 Å². The quantitative estimate of drug-likeness (QED) is 0.728. The third-order valence-electron chi connectivity index (χ3n) is 5.47. The maximum atomic E-state index is 11.6. The van der Waals surface area contributed by atoms with Gasteiger partial charge in [-0.15, -0.1) is 0 Å². The number of allylic oxidation sites excluding steroid dienone is 2. The molecule has 0 saturated heterocycles. The molecule has 1 amide bonds. The third-order valence-corrected chi connectivity index (χ3v) is 6.16. The summed E-state index contributed by atoms with van der Waals surface area (Å²) in [5.74, 6) is 1.77. The molecule has 1 aliphatic carbocycles. The van der Waals surface area contributed by atoms with Crippen LogP contribution in [0.25, 0.3) is 0 Å². The number of anilines is 1. The normalized spacial score (nSPS) is 24.7. The summed E-state index contributed by atoms with van der Waals surface area (Å²) >= 11 is 3.70. The zero-order chi connectivity index (χ0) is 17.8. The van der Waals surface area contributed by atoms with Crippen LogP contribution in [0.4, 0.5) is 5.69 Å². The molecule has 3 aliphatic rings. The number of primary amides is 1. The van der Waals surface area contributed by atoms with Crippen LogP contribution in [0.3, 0.4) is 0 Å². The maximum absolute atomic E-state index is 11.6. The maximum Gasteiger partial charge on any atom is 0.248 e. The van der Waals surface area contributed by atoms with E-state index >= 15 is 0 Å². The third kappa shape index (κ3) is 2.32. The van der Waals surface area contributed by atoms with Crippen LogP contribution in [0.2, 0.25) is 0 Å². The van der Waals surface area contributed by atoms with Gasteiger partial charge in [-0.25, -0.2) is 0 Å². The highest BCUT2D eigenvalue weighted by Crippen LogP contribution is 2.52. The number of carbonyl (C=O) groups is 1. The van der Waals surface area contributed by atoms with Crippen LogP contribution >= 0.6 is 15.9 Å². The second kappa shape index (κ2) is 5.77. The Bertz CT molecular complexity index is 956. The summed E-state index contributed by atoms with van der Waals surface area (Å²) in [4.78, 5) is 11.6. The first-order chi connectivity index (χ1) is 12.6. The summed E-state index contributed by atoms with van der Waals surface area (Å²) in [5.41, 5.74) is 9.34. The number of ether oxygens (including phenoxy) is 2. The largest absolute Gasteiger partial charge is 0.454 e. The first-order valence-electron chi connectivity index (χ1n) is 8.58. The van der Waals surface area contributed by atoms with E-state index in [-0.39, 0.29) is 18.8 Å². The number of carbonyl (C=O) groups excluding carboxylic acids is 1. The Kier molecular flexibility index (Phi) is 3.50. The van der Waals surface area contributed by atoms with E-state index in [4.69, 9.17) is 15.2 Å². The molecular weight excluding hydrogens is 396 g/mol. The van der Waals surface area contributed by atoms with Crippen molar-refractivity contribution in [1.29, 1.82) is 0 Å². The standard InChI is InChI=1S/C20H17BrN2O3/c21-15-8-18-17(25-9-26-18)7-14(15)19-12-3-1-2-11(12)13-6-10(20(22)24)4-5-16(13)23-19/h1-2,4-8,11-12,19,23H,3,9H2,(H2,22,24). The van der Waals surface area contributed by atoms with Gasteiger partial charge in [-0.3, -0.25) is 4.79 Å². The highest BCUT2D eigenvalue weighted by molar-refractivity contribution is 9.10. The molecule has 3 atom stereocenters. The molecule has 0 aromatic heterocycles. The van der Waals surface area contributed by atoms with Gasteiger partial charge >= 0.3 is 0 Å². The van der Waals surface area contributed by atoms with Crippen molar-refractivity contribution in [3.63, 3.8) is 0 Å². The van der Waals surface area contributed by atoms with Crippen molar-refractivity contribution < 1.29 is 14.3 Å². The van der Waals surface area contributed by atoms with E-state index in [0.717, 1.165) is 39.2 Å². The number of hydrogen-bond donors (Lipinski definition) is 2. The smallest absolute Gasteiger partial charge is 0.248 e. The van der Waals surface area contributed by atoms with Gasteiger partial charge in [-0.05, 0) is 53.8 Å². The minimum Gasteiger partial charge on any atom is -0.454 e. The molecular formula is C20H17BrN2O3.